The van der Waals surface area contributed by atoms with Gasteiger partial charge in [0.25, 0.3) is 0 Å². The van der Waals surface area contributed by atoms with Gasteiger partial charge in [0.2, 0.25) is 5.91 Å². The molecule has 2 aliphatic rings. The van der Waals surface area contributed by atoms with E-state index in [0.29, 0.717) is 18.7 Å². The van der Waals surface area contributed by atoms with Crippen LogP contribution in [0.3, 0.4) is 0 Å². The number of nitrogens with one attached hydrogen (secondary N) is 1. The fourth-order valence-electron chi connectivity index (χ4n) is 4.44. The Hall–Kier alpha value is -2.00. The first-order valence-corrected chi connectivity index (χ1v) is 11.4. The van der Waals surface area contributed by atoms with E-state index in [9.17, 15) is 14.0 Å². The van der Waals surface area contributed by atoms with Crippen LogP contribution in [0.25, 0.3) is 0 Å². The van der Waals surface area contributed by atoms with Gasteiger partial charge in [0.1, 0.15) is 11.4 Å². The summed E-state index contributed by atoms with van der Waals surface area (Å²) in [5.74, 6) is -0.167. The van der Waals surface area contributed by atoms with Gasteiger partial charge in [0.15, 0.2) is 5.78 Å². The smallest absolute Gasteiger partial charge is 0.247 e. The highest BCUT2D eigenvalue weighted by Gasteiger charge is 2.50. The number of hydrogen-bond donors (Lipinski definition) is 1. The molecule has 0 radical (unpaired) electrons. The molecule has 4 rings (SSSR count). The second-order valence-corrected chi connectivity index (χ2v) is 9.22. The number of likely N-dealkylation sites (tertiary alicyclic amines) is 1. The van der Waals surface area contributed by atoms with Gasteiger partial charge in [-0.1, -0.05) is 0 Å². The molecule has 0 saturated carbocycles. The number of hydrogen-bond acceptors (Lipinski definition) is 4. The maximum absolute atomic E-state index is 13.0. The van der Waals surface area contributed by atoms with Crippen molar-refractivity contribution in [1.82, 2.24) is 10.2 Å². The lowest BCUT2D eigenvalue weighted by Gasteiger charge is -2.43. The summed E-state index contributed by atoms with van der Waals surface area (Å²) >= 11 is 2.29. The van der Waals surface area contributed by atoms with Gasteiger partial charge in [-0.15, -0.1) is 0 Å². The van der Waals surface area contributed by atoms with E-state index >= 15 is 0 Å². The van der Waals surface area contributed by atoms with Crippen LogP contribution in [-0.4, -0.2) is 48.4 Å². The Kier molecular flexibility index (Phi) is 6.38. The number of Topliss-reactive ketones (excluding diaryl/α,β-unsaturated/α-hetero) is 1. The highest BCUT2D eigenvalue weighted by atomic mass is 127. The fraction of sp³-hybridized carbons (Fsp3) is 0.391. The zero-order chi connectivity index (χ0) is 21.1. The SMILES string of the molecule is O=C(CCCN1CCC2(CC1)C(=O)NCN2c1ccc(I)cc1)c1ccc(F)cc1. The zero-order valence-electron chi connectivity index (χ0n) is 16.7. The van der Waals surface area contributed by atoms with Crippen molar-refractivity contribution in [3.05, 3.63) is 63.5 Å². The van der Waals surface area contributed by atoms with E-state index in [2.05, 4.69) is 62.0 Å². The third-order valence-corrected chi connectivity index (χ3v) is 6.92. The molecule has 2 fully saturated rings. The Morgan fingerprint density at radius 1 is 1.07 bits per heavy atom. The van der Waals surface area contributed by atoms with Gasteiger partial charge in [-0.3, -0.25) is 9.59 Å². The number of carbonyl (C=O) groups excluding carboxylic acids is 2. The van der Waals surface area contributed by atoms with Crippen LogP contribution in [0, 0.1) is 9.39 Å². The van der Waals surface area contributed by atoms with Crippen LogP contribution in [0.5, 0.6) is 0 Å². The minimum absolute atomic E-state index is 0.0449. The number of ketones is 1. The number of halogens is 2. The first-order valence-electron chi connectivity index (χ1n) is 10.3. The van der Waals surface area contributed by atoms with Crippen molar-refractivity contribution in [1.29, 1.82) is 0 Å². The molecule has 158 valence electrons. The van der Waals surface area contributed by atoms with E-state index in [1.165, 1.54) is 15.7 Å². The maximum Gasteiger partial charge on any atom is 0.247 e. The maximum atomic E-state index is 13.0. The van der Waals surface area contributed by atoms with Crippen LogP contribution in [0.15, 0.2) is 48.5 Å². The Labute approximate surface area is 189 Å². The summed E-state index contributed by atoms with van der Waals surface area (Å²) in [4.78, 5) is 29.6. The average molecular weight is 521 g/mol. The van der Waals surface area contributed by atoms with Gasteiger partial charge < -0.3 is 15.1 Å². The van der Waals surface area contributed by atoms with Crippen molar-refractivity contribution >= 4 is 40.0 Å². The number of rotatable bonds is 6. The second kappa shape index (κ2) is 9.01. The molecule has 5 nitrogen and oxygen atoms in total. The molecule has 0 aromatic heterocycles. The van der Waals surface area contributed by atoms with Crippen LogP contribution in [-0.2, 0) is 4.79 Å². The summed E-state index contributed by atoms with van der Waals surface area (Å²) in [7, 11) is 0. The van der Waals surface area contributed by atoms with E-state index < -0.39 is 5.54 Å². The molecule has 1 amide bonds. The van der Waals surface area contributed by atoms with Crippen molar-refractivity contribution < 1.29 is 14.0 Å². The molecule has 1 N–H and O–H groups in total. The number of amides is 1. The normalized spacial score (nSPS) is 18.6. The van der Waals surface area contributed by atoms with Crippen LogP contribution in [0.4, 0.5) is 10.1 Å². The van der Waals surface area contributed by atoms with E-state index in [1.54, 1.807) is 12.1 Å². The Morgan fingerprint density at radius 2 is 1.73 bits per heavy atom. The molecule has 2 aliphatic heterocycles. The number of nitrogens with zero attached hydrogens (tertiary/aromatic N) is 2. The molecule has 0 bridgehead atoms. The van der Waals surface area contributed by atoms with Crippen molar-refractivity contribution in [2.75, 3.05) is 31.2 Å². The molecule has 0 aliphatic carbocycles. The summed E-state index contributed by atoms with van der Waals surface area (Å²) in [6, 6.07) is 14.0. The van der Waals surface area contributed by atoms with E-state index in [4.69, 9.17) is 0 Å². The van der Waals surface area contributed by atoms with E-state index in [1.807, 2.05) is 0 Å². The lowest BCUT2D eigenvalue weighted by molar-refractivity contribution is -0.125. The Morgan fingerprint density at radius 3 is 2.40 bits per heavy atom. The minimum Gasteiger partial charge on any atom is -0.339 e. The van der Waals surface area contributed by atoms with Crippen molar-refractivity contribution in [2.24, 2.45) is 0 Å². The number of anilines is 1. The molecule has 2 saturated heterocycles. The molecular formula is C23H25FIN3O2. The number of carbonyl (C=O) groups is 2. The molecular weight excluding hydrogens is 496 g/mol. The summed E-state index contributed by atoms with van der Waals surface area (Å²) in [5.41, 5.74) is 1.16. The molecule has 0 atom stereocenters. The van der Waals surface area contributed by atoms with E-state index in [0.717, 1.165) is 44.6 Å². The van der Waals surface area contributed by atoms with Crippen molar-refractivity contribution in [3.63, 3.8) is 0 Å². The summed E-state index contributed by atoms with van der Waals surface area (Å²) in [6.07, 6.45) is 2.76. The zero-order valence-corrected chi connectivity index (χ0v) is 18.9. The largest absolute Gasteiger partial charge is 0.339 e. The fourth-order valence-corrected chi connectivity index (χ4v) is 4.80. The van der Waals surface area contributed by atoms with Gasteiger partial charge in [-0.2, -0.15) is 0 Å². The van der Waals surface area contributed by atoms with Gasteiger partial charge in [0.05, 0.1) is 6.67 Å². The van der Waals surface area contributed by atoms with Gasteiger partial charge in [0, 0.05) is 34.3 Å². The third kappa shape index (κ3) is 4.37. The first-order chi connectivity index (χ1) is 14.5. The Bertz CT molecular complexity index is 909. The van der Waals surface area contributed by atoms with Gasteiger partial charge in [-0.25, -0.2) is 4.39 Å². The van der Waals surface area contributed by atoms with E-state index in [-0.39, 0.29) is 17.5 Å². The number of piperidine rings is 1. The summed E-state index contributed by atoms with van der Waals surface area (Å²) < 4.78 is 14.2. The van der Waals surface area contributed by atoms with Crippen LogP contribution in [0.2, 0.25) is 0 Å². The summed E-state index contributed by atoms with van der Waals surface area (Å²) in [5, 5.41) is 3.03. The molecule has 2 aromatic carbocycles. The molecule has 0 unspecified atom stereocenters. The Balaban J connectivity index is 1.31. The highest BCUT2D eigenvalue weighted by molar-refractivity contribution is 14.1. The van der Waals surface area contributed by atoms with Crippen LogP contribution >= 0.6 is 22.6 Å². The molecule has 2 heterocycles. The standard InChI is InChI=1S/C23H25FIN3O2/c24-18-5-3-17(4-6-18)21(29)2-1-13-27-14-11-23(12-15-27)22(30)26-16-28(23)20-9-7-19(25)8-10-20/h3-10H,1-2,11-16H2,(H,26,30). The average Bonchev–Trinajstić information content (AvgIpc) is 3.06. The predicted molar refractivity (Wildman–Crippen MR) is 123 cm³/mol. The van der Waals surface area contributed by atoms with Crippen LogP contribution < -0.4 is 10.2 Å². The lowest BCUT2D eigenvalue weighted by Crippen LogP contribution is -2.56. The first kappa shape index (κ1) is 21.2. The minimum atomic E-state index is -0.479. The topological polar surface area (TPSA) is 52.7 Å². The molecule has 30 heavy (non-hydrogen) atoms. The monoisotopic (exact) mass is 521 g/mol. The number of benzene rings is 2. The van der Waals surface area contributed by atoms with Gasteiger partial charge in [-0.05, 0) is 96.9 Å². The van der Waals surface area contributed by atoms with Crippen molar-refractivity contribution in [3.8, 4) is 0 Å². The van der Waals surface area contributed by atoms with Crippen LogP contribution in [0.1, 0.15) is 36.0 Å². The highest BCUT2D eigenvalue weighted by Crippen LogP contribution is 2.36. The molecule has 7 heteroatoms. The lowest BCUT2D eigenvalue weighted by atomic mass is 9.85. The van der Waals surface area contributed by atoms with Crippen molar-refractivity contribution in [2.45, 2.75) is 31.2 Å². The molecule has 1 spiro atoms. The summed E-state index contributed by atoms with van der Waals surface area (Å²) in [6.45, 7) is 3.04. The van der Waals surface area contributed by atoms with Gasteiger partial charge >= 0.3 is 0 Å². The third-order valence-electron chi connectivity index (χ3n) is 6.20. The second-order valence-electron chi connectivity index (χ2n) is 7.98. The quantitative estimate of drug-likeness (QED) is 0.464. The molecule has 2 aromatic rings. The predicted octanol–water partition coefficient (Wildman–Crippen LogP) is 3.82.